The monoisotopic (exact) mass is 410 g/mol. The fourth-order valence-corrected chi connectivity index (χ4v) is 3.36. The zero-order valence-corrected chi connectivity index (χ0v) is 18.2. The lowest BCUT2D eigenvalue weighted by Gasteiger charge is -2.13. The van der Waals surface area contributed by atoms with Crippen LogP contribution in [-0.2, 0) is 6.54 Å². The minimum atomic E-state index is 0.474. The molecular weight excluding hydrogens is 384 g/mol. The van der Waals surface area contributed by atoms with Crippen LogP contribution >= 0.6 is 12.2 Å². The summed E-state index contributed by atoms with van der Waals surface area (Å²) in [5.74, 6) is 1.38. The highest BCUT2D eigenvalue weighted by atomic mass is 32.1. The highest BCUT2D eigenvalue weighted by molar-refractivity contribution is 7.80. The molecule has 1 heterocycles. The highest BCUT2D eigenvalue weighted by Crippen LogP contribution is 2.26. The highest BCUT2D eigenvalue weighted by Gasteiger charge is 2.14. The summed E-state index contributed by atoms with van der Waals surface area (Å²) in [6, 6.07) is 13.9. The fraction of sp³-hybridized carbons (Fsp3) is 0.273. The molecule has 0 spiro atoms. The van der Waals surface area contributed by atoms with Crippen LogP contribution in [0, 0.1) is 20.8 Å². The Kier molecular flexibility index (Phi) is 6.39. The number of ether oxygens (including phenoxy) is 2. The number of nitrogens with zero attached hydrogens (tertiary/aromatic N) is 2. The summed E-state index contributed by atoms with van der Waals surface area (Å²) >= 11 is 5.52. The zero-order valence-electron chi connectivity index (χ0n) is 17.4. The van der Waals surface area contributed by atoms with Gasteiger partial charge in [-0.05, 0) is 44.1 Å². The van der Waals surface area contributed by atoms with Crippen molar-refractivity contribution in [2.24, 2.45) is 0 Å². The Balaban J connectivity index is 1.76. The molecule has 3 aromatic rings. The molecule has 2 N–H and O–H groups in total. The SMILES string of the molecule is COc1cc(NC(=S)Nc2c(C)nn(Cc3ccccc3C)c2C)cc(OC)c1. The summed E-state index contributed by atoms with van der Waals surface area (Å²) in [4.78, 5) is 0. The van der Waals surface area contributed by atoms with Gasteiger partial charge in [0, 0.05) is 23.9 Å². The number of anilines is 2. The van der Waals surface area contributed by atoms with Gasteiger partial charge in [-0.1, -0.05) is 24.3 Å². The van der Waals surface area contributed by atoms with Crippen LogP contribution in [0.15, 0.2) is 42.5 Å². The predicted octanol–water partition coefficient (Wildman–Crippen LogP) is 4.68. The average Bonchev–Trinajstić information content (AvgIpc) is 2.96. The van der Waals surface area contributed by atoms with Crippen molar-refractivity contribution in [3.05, 3.63) is 65.0 Å². The van der Waals surface area contributed by atoms with E-state index >= 15 is 0 Å². The van der Waals surface area contributed by atoms with Crippen molar-refractivity contribution in [2.75, 3.05) is 24.9 Å². The molecule has 0 amide bonds. The minimum absolute atomic E-state index is 0.474. The molecule has 0 aliphatic heterocycles. The number of nitrogens with one attached hydrogen (secondary N) is 2. The van der Waals surface area contributed by atoms with Crippen LogP contribution in [0.4, 0.5) is 11.4 Å². The Morgan fingerprint density at radius 3 is 2.28 bits per heavy atom. The van der Waals surface area contributed by atoms with E-state index < -0.39 is 0 Å². The van der Waals surface area contributed by atoms with E-state index in [1.54, 1.807) is 14.2 Å². The maximum atomic E-state index is 5.52. The van der Waals surface area contributed by atoms with Gasteiger partial charge in [0.25, 0.3) is 0 Å². The number of aryl methyl sites for hydroxylation is 2. The second-order valence-electron chi connectivity index (χ2n) is 6.81. The third-order valence-electron chi connectivity index (χ3n) is 4.81. The molecule has 0 atom stereocenters. The Bertz CT molecular complexity index is 1010. The molecule has 29 heavy (non-hydrogen) atoms. The van der Waals surface area contributed by atoms with Crippen molar-refractivity contribution in [1.29, 1.82) is 0 Å². The maximum absolute atomic E-state index is 5.52. The van der Waals surface area contributed by atoms with Crippen molar-refractivity contribution in [3.63, 3.8) is 0 Å². The van der Waals surface area contributed by atoms with Gasteiger partial charge in [-0.3, -0.25) is 4.68 Å². The number of benzene rings is 2. The van der Waals surface area contributed by atoms with Crippen molar-refractivity contribution in [1.82, 2.24) is 9.78 Å². The third-order valence-corrected chi connectivity index (χ3v) is 5.01. The molecule has 0 aliphatic carbocycles. The molecule has 3 rings (SSSR count). The van der Waals surface area contributed by atoms with Crippen molar-refractivity contribution in [2.45, 2.75) is 27.3 Å². The number of thiocarbonyl (C=S) groups is 1. The Hall–Kier alpha value is -3.06. The smallest absolute Gasteiger partial charge is 0.175 e. The molecule has 1 aromatic heterocycles. The first-order valence-electron chi connectivity index (χ1n) is 9.31. The normalized spacial score (nSPS) is 10.5. The number of hydrogen-bond donors (Lipinski definition) is 2. The van der Waals surface area contributed by atoms with E-state index in [0.717, 1.165) is 22.8 Å². The van der Waals surface area contributed by atoms with Crippen LogP contribution in [0.1, 0.15) is 22.5 Å². The molecule has 0 saturated heterocycles. The van der Waals surface area contributed by atoms with E-state index in [1.165, 1.54) is 11.1 Å². The summed E-state index contributed by atoms with van der Waals surface area (Å²) in [7, 11) is 3.23. The molecule has 6 nitrogen and oxygen atoms in total. The number of rotatable bonds is 6. The molecule has 7 heteroatoms. The van der Waals surface area contributed by atoms with Gasteiger partial charge in [-0.25, -0.2) is 0 Å². The minimum Gasteiger partial charge on any atom is -0.497 e. The predicted molar refractivity (Wildman–Crippen MR) is 121 cm³/mol. The Morgan fingerprint density at radius 2 is 1.66 bits per heavy atom. The van der Waals surface area contributed by atoms with Crippen LogP contribution in [0.5, 0.6) is 11.5 Å². The van der Waals surface area contributed by atoms with Gasteiger partial charge in [0.1, 0.15) is 11.5 Å². The zero-order chi connectivity index (χ0) is 21.0. The molecule has 0 saturated carbocycles. The maximum Gasteiger partial charge on any atom is 0.175 e. The molecular formula is C22H26N4O2S. The molecule has 0 bridgehead atoms. The molecule has 0 radical (unpaired) electrons. The van der Waals surface area contributed by atoms with Crippen molar-refractivity contribution >= 4 is 28.7 Å². The second-order valence-corrected chi connectivity index (χ2v) is 7.22. The molecule has 0 fully saturated rings. The quantitative estimate of drug-likeness (QED) is 0.575. The lowest BCUT2D eigenvalue weighted by Crippen LogP contribution is -2.20. The fourth-order valence-electron chi connectivity index (χ4n) is 3.14. The summed E-state index contributed by atoms with van der Waals surface area (Å²) in [5, 5.41) is 11.6. The first-order valence-corrected chi connectivity index (χ1v) is 9.71. The molecule has 0 aliphatic rings. The standard InChI is InChI=1S/C22H26N4O2S/c1-14-8-6-7-9-17(14)13-26-16(3)21(15(2)25-26)24-22(29)23-18-10-19(27-4)12-20(11-18)28-5/h6-12H,13H2,1-5H3,(H2,23,24,29). The Labute approximate surface area is 176 Å². The number of hydrogen-bond acceptors (Lipinski definition) is 4. The van der Waals surface area contributed by atoms with Crippen LogP contribution in [0.2, 0.25) is 0 Å². The van der Waals surface area contributed by atoms with Gasteiger partial charge in [0.15, 0.2) is 5.11 Å². The van der Waals surface area contributed by atoms with Gasteiger partial charge in [-0.15, -0.1) is 0 Å². The summed E-state index contributed by atoms with van der Waals surface area (Å²) in [5.41, 5.74) is 6.10. The topological polar surface area (TPSA) is 60.3 Å². The van der Waals surface area contributed by atoms with Crippen LogP contribution in [-0.4, -0.2) is 29.1 Å². The lowest BCUT2D eigenvalue weighted by atomic mass is 10.1. The molecule has 152 valence electrons. The van der Waals surface area contributed by atoms with E-state index in [9.17, 15) is 0 Å². The summed E-state index contributed by atoms with van der Waals surface area (Å²) in [6.07, 6.45) is 0. The van der Waals surface area contributed by atoms with Crippen LogP contribution in [0.25, 0.3) is 0 Å². The van der Waals surface area contributed by atoms with Gasteiger partial charge in [0.05, 0.1) is 37.8 Å². The summed E-state index contributed by atoms with van der Waals surface area (Å²) in [6.45, 7) is 6.84. The van der Waals surface area contributed by atoms with E-state index in [-0.39, 0.29) is 0 Å². The second kappa shape index (κ2) is 8.96. The third kappa shape index (κ3) is 4.86. The van der Waals surface area contributed by atoms with E-state index in [2.05, 4.69) is 40.9 Å². The van der Waals surface area contributed by atoms with Gasteiger partial charge in [0.2, 0.25) is 0 Å². The summed E-state index contributed by atoms with van der Waals surface area (Å²) < 4.78 is 12.6. The number of aromatic nitrogens is 2. The molecule has 0 unspecified atom stereocenters. The average molecular weight is 411 g/mol. The first kappa shape index (κ1) is 20.7. The van der Waals surface area contributed by atoms with E-state index in [4.69, 9.17) is 21.7 Å². The first-order chi connectivity index (χ1) is 13.9. The van der Waals surface area contributed by atoms with E-state index in [0.29, 0.717) is 23.2 Å². The lowest BCUT2D eigenvalue weighted by molar-refractivity contribution is 0.395. The Morgan fingerprint density at radius 1 is 1.00 bits per heavy atom. The van der Waals surface area contributed by atoms with Gasteiger partial charge >= 0.3 is 0 Å². The van der Waals surface area contributed by atoms with Crippen LogP contribution in [0.3, 0.4) is 0 Å². The largest absolute Gasteiger partial charge is 0.497 e. The van der Waals surface area contributed by atoms with Gasteiger partial charge in [-0.2, -0.15) is 5.10 Å². The van der Waals surface area contributed by atoms with Crippen LogP contribution < -0.4 is 20.1 Å². The van der Waals surface area contributed by atoms with Gasteiger partial charge < -0.3 is 20.1 Å². The van der Waals surface area contributed by atoms with E-state index in [1.807, 2.05) is 42.8 Å². The van der Waals surface area contributed by atoms with Crippen molar-refractivity contribution < 1.29 is 9.47 Å². The number of methoxy groups -OCH3 is 2. The van der Waals surface area contributed by atoms with Crippen molar-refractivity contribution in [3.8, 4) is 11.5 Å². The molecule has 2 aromatic carbocycles.